The fraction of sp³-hybridized carbons (Fsp3) is 0.136. The Labute approximate surface area is 302 Å². The van der Waals surface area contributed by atoms with Gasteiger partial charge >= 0.3 is 0 Å². The van der Waals surface area contributed by atoms with Crippen molar-refractivity contribution in [3.8, 4) is 23.0 Å². The molecular formula is C44H36N2O6. The van der Waals surface area contributed by atoms with Crippen LogP contribution in [0.1, 0.15) is 49.9 Å². The summed E-state index contributed by atoms with van der Waals surface area (Å²) < 4.78 is 12.2. The van der Waals surface area contributed by atoms with E-state index in [-0.39, 0.29) is 34.5 Å². The molecule has 0 saturated carbocycles. The van der Waals surface area contributed by atoms with Crippen LogP contribution >= 0.6 is 0 Å². The minimum Gasteiger partial charge on any atom is -0.457 e. The number of benzene rings is 5. The summed E-state index contributed by atoms with van der Waals surface area (Å²) in [5.41, 5.74) is 4.97. The van der Waals surface area contributed by atoms with Crippen LogP contribution in [-0.2, 0) is 30.0 Å². The fourth-order valence-corrected chi connectivity index (χ4v) is 6.67. The lowest BCUT2D eigenvalue weighted by Crippen LogP contribution is -2.29. The molecule has 2 heterocycles. The summed E-state index contributed by atoms with van der Waals surface area (Å²) in [5, 5.41) is 0. The Balaban J connectivity index is 1.05. The molecule has 8 nitrogen and oxygen atoms in total. The van der Waals surface area contributed by atoms with E-state index in [2.05, 4.69) is 76.2 Å². The predicted molar refractivity (Wildman–Crippen MR) is 200 cm³/mol. The number of anilines is 2. The van der Waals surface area contributed by atoms with Crippen LogP contribution in [0.4, 0.5) is 11.4 Å². The molecule has 0 saturated heterocycles. The quantitative estimate of drug-likeness (QED) is 0.136. The molecule has 0 fully saturated rings. The first-order valence-electron chi connectivity index (χ1n) is 16.9. The third-order valence-electron chi connectivity index (χ3n) is 9.71. The molecule has 0 unspecified atom stereocenters. The molecule has 0 atom stereocenters. The highest BCUT2D eigenvalue weighted by atomic mass is 16.5. The third kappa shape index (κ3) is 6.42. The Morgan fingerprint density at radius 3 is 0.942 bits per heavy atom. The number of carbonyl (C=O) groups excluding carboxylic acids is 4. The lowest BCUT2D eigenvalue weighted by Gasteiger charge is -2.35. The Hall–Kier alpha value is -6.54. The molecule has 2 aliphatic heterocycles. The van der Waals surface area contributed by atoms with E-state index >= 15 is 0 Å². The maximum atomic E-state index is 12.0. The van der Waals surface area contributed by atoms with Gasteiger partial charge in [0.2, 0.25) is 0 Å². The van der Waals surface area contributed by atoms with E-state index in [1.54, 1.807) is 48.5 Å². The molecule has 0 aromatic heterocycles. The minimum absolute atomic E-state index is 0.341. The highest BCUT2D eigenvalue weighted by Gasteiger charge is 2.33. The Kier molecular flexibility index (Phi) is 8.68. The highest BCUT2D eigenvalue weighted by molar-refractivity contribution is 6.28. The van der Waals surface area contributed by atoms with Crippen LogP contribution in [0.15, 0.2) is 146 Å². The zero-order valence-electron chi connectivity index (χ0n) is 29.2. The van der Waals surface area contributed by atoms with Gasteiger partial charge in [0.25, 0.3) is 23.6 Å². The predicted octanol–water partition coefficient (Wildman–Crippen LogP) is 8.78. The average molecular weight is 689 g/mol. The Bertz CT molecular complexity index is 2050. The summed E-state index contributed by atoms with van der Waals surface area (Å²) in [6, 6.07) is 38.4. The van der Waals surface area contributed by atoms with Crippen LogP contribution in [0.25, 0.3) is 0 Å². The van der Waals surface area contributed by atoms with Crippen molar-refractivity contribution < 1.29 is 28.7 Å². The summed E-state index contributed by atoms with van der Waals surface area (Å²) >= 11 is 0. The average Bonchev–Trinajstić information content (AvgIpc) is 3.67. The van der Waals surface area contributed by atoms with Gasteiger partial charge in [0.1, 0.15) is 23.0 Å². The van der Waals surface area contributed by atoms with E-state index in [1.807, 2.05) is 24.3 Å². The van der Waals surface area contributed by atoms with Crippen molar-refractivity contribution in [1.82, 2.24) is 0 Å². The van der Waals surface area contributed by atoms with Crippen LogP contribution in [-0.4, -0.2) is 23.6 Å². The van der Waals surface area contributed by atoms with Crippen molar-refractivity contribution in [3.05, 3.63) is 168 Å². The lowest BCUT2D eigenvalue weighted by atomic mass is 9.68. The Morgan fingerprint density at radius 1 is 0.385 bits per heavy atom. The van der Waals surface area contributed by atoms with Crippen LogP contribution in [0.2, 0.25) is 0 Å². The van der Waals surface area contributed by atoms with Gasteiger partial charge in [-0.3, -0.25) is 19.2 Å². The van der Waals surface area contributed by atoms with E-state index in [0.717, 1.165) is 20.9 Å². The minimum atomic E-state index is -0.360. The van der Waals surface area contributed by atoms with Crippen LogP contribution in [0.5, 0.6) is 23.0 Å². The van der Waals surface area contributed by atoms with Gasteiger partial charge < -0.3 is 9.47 Å². The zero-order valence-corrected chi connectivity index (χ0v) is 29.2. The van der Waals surface area contributed by atoms with Crippen molar-refractivity contribution in [1.29, 1.82) is 0 Å². The van der Waals surface area contributed by atoms with E-state index in [4.69, 9.17) is 9.47 Å². The summed E-state index contributed by atoms with van der Waals surface area (Å²) in [4.78, 5) is 50.3. The second kappa shape index (κ2) is 13.3. The Morgan fingerprint density at radius 2 is 0.654 bits per heavy atom. The summed E-state index contributed by atoms with van der Waals surface area (Å²) in [6.07, 6.45) is 5.05. The van der Waals surface area contributed by atoms with Crippen LogP contribution in [0, 0.1) is 0 Å². The number of amides is 4. The SMILES string of the molecule is CC(C)(c1ccc(Oc2ccc(N3C(=O)C=CC3=O)cc2)cc1)c1ccccc1C(C)(C)c1ccc(Oc2ccc(N3C(=O)C=CC3=O)cc2)cc1. The molecule has 4 amide bonds. The van der Waals surface area contributed by atoms with Gasteiger partial charge in [-0.1, -0.05) is 76.2 Å². The molecule has 5 aromatic rings. The topological polar surface area (TPSA) is 93.2 Å². The first-order chi connectivity index (χ1) is 24.9. The molecular weight excluding hydrogens is 652 g/mol. The van der Waals surface area contributed by atoms with Gasteiger partial charge in [0, 0.05) is 35.1 Å². The number of hydrogen-bond donors (Lipinski definition) is 0. The molecule has 0 N–H and O–H groups in total. The van der Waals surface area contributed by atoms with Gasteiger partial charge in [0.15, 0.2) is 0 Å². The normalized spacial score (nSPS) is 14.5. The summed E-state index contributed by atoms with van der Waals surface area (Å²) in [7, 11) is 0. The number of rotatable bonds is 10. The molecule has 52 heavy (non-hydrogen) atoms. The number of ether oxygens (including phenoxy) is 2. The molecule has 8 heteroatoms. The molecule has 5 aromatic carbocycles. The van der Waals surface area contributed by atoms with Crippen molar-refractivity contribution in [2.45, 2.75) is 38.5 Å². The van der Waals surface area contributed by atoms with E-state index < -0.39 is 0 Å². The second-order valence-corrected chi connectivity index (χ2v) is 13.7. The van der Waals surface area contributed by atoms with Crippen LogP contribution in [0.3, 0.4) is 0 Å². The highest BCUT2D eigenvalue weighted by Crippen LogP contribution is 2.42. The maximum Gasteiger partial charge on any atom is 0.258 e. The molecule has 0 radical (unpaired) electrons. The zero-order chi connectivity index (χ0) is 36.6. The van der Waals surface area contributed by atoms with Crippen molar-refractivity contribution in [2.24, 2.45) is 0 Å². The largest absolute Gasteiger partial charge is 0.457 e. The number of nitrogens with zero attached hydrogens (tertiary/aromatic N) is 2. The molecule has 2 aliphatic rings. The van der Waals surface area contributed by atoms with Crippen molar-refractivity contribution in [2.75, 3.05) is 9.80 Å². The van der Waals surface area contributed by atoms with Crippen molar-refractivity contribution >= 4 is 35.0 Å². The second-order valence-electron chi connectivity index (χ2n) is 13.7. The van der Waals surface area contributed by atoms with Gasteiger partial charge in [0.05, 0.1) is 11.4 Å². The smallest absolute Gasteiger partial charge is 0.258 e. The third-order valence-corrected chi connectivity index (χ3v) is 9.71. The van der Waals surface area contributed by atoms with Gasteiger partial charge in [-0.15, -0.1) is 0 Å². The van der Waals surface area contributed by atoms with Gasteiger partial charge in [-0.25, -0.2) is 9.80 Å². The lowest BCUT2D eigenvalue weighted by molar-refractivity contribution is -0.121. The van der Waals surface area contributed by atoms with Crippen LogP contribution < -0.4 is 19.3 Å². The first kappa shape index (κ1) is 33.9. The van der Waals surface area contributed by atoms with E-state index in [9.17, 15) is 19.2 Å². The molecule has 0 aliphatic carbocycles. The molecule has 7 rings (SSSR count). The van der Waals surface area contributed by atoms with E-state index in [0.29, 0.717) is 34.4 Å². The van der Waals surface area contributed by atoms with Gasteiger partial charge in [-0.2, -0.15) is 0 Å². The molecule has 0 spiro atoms. The fourth-order valence-electron chi connectivity index (χ4n) is 6.67. The van der Waals surface area contributed by atoms with Crippen molar-refractivity contribution in [3.63, 3.8) is 0 Å². The monoisotopic (exact) mass is 688 g/mol. The van der Waals surface area contributed by atoms with Gasteiger partial charge in [-0.05, 0) is 95.1 Å². The van der Waals surface area contributed by atoms with E-state index in [1.165, 1.54) is 35.4 Å². The number of carbonyl (C=O) groups is 4. The summed E-state index contributed by atoms with van der Waals surface area (Å²) in [5.74, 6) is 1.09. The first-order valence-corrected chi connectivity index (χ1v) is 16.9. The molecule has 258 valence electrons. The standard InChI is InChI=1S/C44H36N2O6/c1-43(2,29-9-17-33(18-10-29)51-35-21-13-31(14-22-35)45-39(47)25-26-40(45)48)37-7-5-6-8-38(37)44(3,4)30-11-19-34(20-12-30)52-36-23-15-32(16-24-36)46-41(49)27-28-42(46)50/h5-28H,1-4H3. The molecule has 0 bridgehead atoms. The summed E-state index contributed by atoms with van der Waals surface area (Å²) in [6.45, 7) is 8.89. The number of hydrogen-bond acceptors (Lipinski definition) is 6. The maximum absolute atomic E-state index is 12.0. The number of imide groups is 2.